The van der Waals surface area contributed by atoms with Crippen LogP contribution in [0, 0.1) is 5.92 Å². The van der Waals surface area contributed by atoms with Gasteiger partial charge in [-0.05, 0) is 62.6 Å². The van der Waals surface area contributed by atoms with Gasteiger partial charge in [0.25, 0.3) is 0 Å². The maximum absolute atomic E-state index is 12.1. The number of piperidine rings is 1. The summed E-state index contributed by atoms with van der Waals surface area (Å²) in [5.41, 5.74) is 0.712. The molecular weight excluding hydrogens is 330 g/mol. The van der Waals surface area contributed by atoms with Crippen LogP contribution in [0.3, 0.4) is 0 Å². The molecule has 0 aromatic heterocycles. The van der Waals surface area contributed by atoms with Crippen molar-refractivity contribution in [2.45, 2.75) is 74.2 Å². The molecule has 1 saturated heterocycles. The van der Waals surface area contributed by atoms with E-state index in [4.69, 9.17) is 4.74 Å². The number of benzene rings is 1. The molecule has 5 nitrogen and oxygen atoms in total. The minimum atomic E-state index is -0.884. The Kier molecular flexibility index (Phi) is 2.99. The summed E-state index contributed by atoms with van der Waals surface area (Å²) in [6, 6.07) is 3.80. The molecule has 1 aromatic carbocycles. The molecule has 1 aromatic rings. The van der Waals surface area contributed by atoms with Crippen LogP contribution in [-0.4, -0.2) is 57.2 Å². The molecule has 3 aliphatic carbocycles. The number of hydrogen-bond donors (Lipinski definition) is 3. The number of likely N-dealkylation sites (tertiary alicyclic amines) is 1. The minimum Gasteiger partial charge on any atom is -0.504 e. The van der Waals surface area contributed by atoms with Gasteiger partial charge in [0.2, 0.25) is 0 Å². The van der Waals surface area contributed by atoms with Crippen molar-refractivity contribution in [3.05, 3.63) is 23.3 Å². The van der Waals surface area contributed by atoms with E-state index in [1.54, 1.807) is 6.07 Å². The Bertz CT molecular complexity index is 778. The van der Waals surface area contributed by atoms with Crippen molar-refractivity contribution in [1.82, 2.24) is 4.90 Å². The lowest BCUT2D eigenvalue weighted by atomic mass is 9.48. The molecule has 2 aliphatic heterocycles. The maximum Gasteiger partial charge on any atom is 0.165 e. The Morgan fingerprint density at radius 1 is 1.19 bits per heavy atom. The lowest BCUT2D eigenvalue weighted by molar-refractivity contribution is -0.209. The Morgan fingerprint density at radius 2 is 2.04 bits per heavy atom. The number of nitrogens with zero attached hydrogens (tertiary/aromatic N) is 1. The van der Waals surface area contributed by atoms with Gasteiger partial charge in [-0.2, -0.15) is 0 Å². The number of aliphatic hydroxyl groups excluding tert-OH is 1. The predicted octanol–water partition coefficient (Wildman–Crippen LogP) is 1.71. The maximum atomic E-state index is 12.1. The number of rotatable bonds is 2. The minimum absolute atomic E-state index is 0.0819. The highest BCUT2D eigenvalue weighted by atomic mass is 16.5. The Morgan fingerprint density at radius 3 is 2.81 bits per heavy atom. The summed E-state index contributed by atoms with van der Waals surface area (Å²) in [7, 11) is 0. The molecule has 1 spiro atoms. The van der Waals surface area contributed by atoms with Crippen LogP contribution in [0.15, 0.2) is 12.1 Å². The fourth-order valence-electron chi connectivity index (χ4n) is 6.83. The first kappa shape index (κ1) is 15.7. The number of ether oxygens (including phenoxy) is 1. The van der Waals surface area contributed by atoms with Crippen LogP contribution in [0.25, 0.3) is 0 Å². The van der Waals surface area contributed by atoms with Crippen molar-refractivity contribution >= 4 is 0 Å². The van der Waals surface area contributed by atoms with Gasteiger partial charge in [0.1, 0.15) is 6.10 Å². The Hall–Kier alpha value is -1.30. The summed E-state index contributed by atoms with van der Waals surface area (Å²) in [6.07, 6.45) is 5.68. The van der Waals surface area contributed by atoms with E-state index in [2.05, 4.69) is 4.90 Å². The third-order valence-corrected chi connectivity index (χ3v) is 8.26. The largest absolute Gasteiger partial charge is 0.504 e. The molecular formula is C21H27NO4. The molecule has 1 unspecified atom stereocenters. The lowest BCUT2D eigenvalue weighted by Gasteiger charge is -2.64. The highest BCUT2D eigenvalue weighted by Gasteiger charge is 2.72. The van der Waals surface area contributed by atoms with Crippen molar-refractivity contribution in [3.8, 4) is 11.5 Å². The molecule has 26 heavy (non-hydrogen) atoms. The predicted molar refractivity (Wildman–Crippen MR) is 95.4 cm³/mol. The molecule has 2 bridgehead atoms. The number of hydrogen-bond acceptors (Lipinski definition) is 5. The van der Waals surface area contributed by atoms with Crippen molar-refractivity contribution in [2.75, 3.05) is 13.1 Å². The van der Waals surface area contributed by atoms with Crippen molar-refractivity contribution in [2.24, 2.45) is 5.92 Å². The molecule has 0 amide bonds. The average Bonchev–Trinajstić information content (AvgIpc) is 2.93. The third-order valence-electron chi connectivity index (χ3n) is 8.26. The van der Waals surface area contributed by atoms with Gasteiger partial charge in [-0.3, -0.25) is 4.90 Å². The molecule has 6 rings (SSSR count). The first-order chi connectivity index (χ1) is 12.5. The lowest BCUT2D eigenvalue weighted by Crippen LogP contribution is -2.77. The van der Waals surface area contributed by atoms with Gasteiger partial charge < -0.3 is 20.1 Å². The van der Waals surface area contributed by atoms with E-state index in [0.717, 1.165) is 37.4 Å². The topological polar surface area (TPSA) is 73.2 Å². The summed E-state index contributed by atoms with van der Waals surface area (Å²) in [6.45, 7) is 2.02. The second kappa shape index (κ2) is 4.94. The summed E-state index contributed by atoms with van der Waals surface area (Å²) in [5, 5.41) is 33.2. The standard InChI is InChI=1S/C21H27NO4/c23-14-5-4-13-10-16-21(25)7-6-15(24)19-20(21,17(13)18(14)26-19)8-9-22(16)11-12-2-1-3-12/h4-5,12,15-16,19,23-25H,1-3,6-11H2/t15-,16?,19-,20-,21+/m1/s1. The zero-order chi connectivity index (χ0) is 17.7. The van der Waals surface area contributed by atoms with E-state index in [0.29, 0.717) is 18.6 Å². The molecule has 5 heteroatoms. The second-order valence-electron chi connectivity index (χ2n) is 9.25. The van der Waals surface area contributed by atoms with Gasteiger partial charge in [-0.1, -0.05) is 12.5 Å². The van der Waals surface area contributed by atoms with Crippen LogP contribution in [0.2, 0.25) is 0 Å². The smallest absolute Gasteiger partial charge is 0.165 e. The monoisotopic (exact) mass is 357 g/mol. The summed E-state index contributed by atoms with van der Waals surface area (Å²) in [5.74, 6) is 1.42. The van der Waals surface area contributed by atoms with Crippen LogP contribution < -0.4 is 4.74 Å². The van der Waals surface area contributed by atoms with E-state index in [-0.39, 0.29) is 11.8 Å². The van der Waals surface area contributed by atoms with Crippen molar-refractivity contribution in [1.29, 1.82) is 0 Å². The molecule has 0 radical (unpaired) electrons. The number of phenolic OH excluding ortho intramolecular Hbond substituents is 1. The first-order valence-electron chi connectivity index (χ1n) is 10.2. The van der Waals surface area contributed by atoms with Crippen LogP contribution >= 0.6 is 0 Å². The molecule has 3 fully saturated rings. The van der Waals surface area contributed by atoms with Gasteiger partial charge >= 0.3 is 0 Å². The van der Waals surface area contributed by atoms with Crippen molar-refractivity contribution in [3.63, 3.8) is 0 Å². The quantitative estimate of drug-likeness (QED) is 0.751. The summed E-state index contributed by atoms with van der Waals surface area (Å²) in [4.78, 5) is 2.53. The molecule has 140 valence electrons. The van der Waals surface area contributed by atoms with Gasteiger partial charge in [-0.15, -0.1) is 0 Å². The van der Waals surface area contributed by atoms with Gasteiger partial charge in [0, 0.05) is 18.2 Å². The van der Waals surface area contributed by atoms with Gasteiger partial charge in [0.05, 0.1) is 17.1 Å². The zero-order valence-corrected chi connectivity index (χ0v) is 15.0. The molecule has 2 heterocycles. The number of aliphatic hydroxyl groups is 2. The van der Waals surface area contributed by atoms with E-state index in [1.165, 1.54) is 24.8 Å². The van der Waals surface area contributed by atoms with Crippen LogP contribution in [0.1, 0.15) is 49.7 Å². The van der Waals surface area contributed by atoms with Crippen LogP contribution in [0.5, 0.6) is 11.5 Å². The second-order valence-corrected chi connectivity index (χ2v) is 9.25. The van der Waals surface area contributed by atoms with Crippen molar-refractivity contribution < 1.29 is 20.1 Å². The number of aromatic hydroxyl groups is 1. The summed E-state index contributed by atoms with van der Waals surface area (Å²) >= 11 is 0. The number of phenols is 1. The van der Waals surface area contributed by atoms with Gasteiger partial charge in [-0.25, -0.2) is 0 Å². The average molecular weight is 357 g/mol. The molecule has 5 atom stereocenters. The van der Waals surface area contributed by atoms with E-state index < -0.39 is 23.2 Å². The Labute approximate surface area is 153 Å². The molecule has 3 N–H and O–H groups in total. The summed E-state index contributed by atoms with van der Waals surface area (Å²) < 4.78 is 6.16. The highest BCUT2D eigenvalue weighted by Crippen LogP contribution is 2.65. The molecule has 5 aliphatic rings. The highest BCUT2D eigenvalue weighted by molar-refractivity contribution is 5.62. The molecule has 2 saturated carbocycles. The van der Waals surface area contributed by atoms with E-state index >= 15 is 0 Å². The third kappa shape index (κ3) is 1.64. The van der Waals surface area contributed by atoms with E-state index in [1.807, 2.05) is 6.07 Å². The fraction of sp³-hybridized carbons (Fsp3) is 0.714. The van der Waals surface area contributed by atoms with Crippen LogP contribution in [0.4, 0.5) is 0 Å². The Balaban J connectivity index is 1.52. The first-order valence-corrected chi connectivity index (χ1v) is 10.2. The van der Waals surface area contributed by atoms with Crippen LogP contribution in [-0.2, 0) is 11.8 Å². The zero-order valence-electron chi connectivity index (χ0n) is 15.0. The normalized spacial score (nSPS) is 43.5. The van der Waals surface area contributed by atoms with Gasteiger partial charge in [0.15, 0.2) is 11.5 Å². The van der Waals surface area contributed by atoms with E-state index in [9.17, 15) is 15.3 Å². The fourth-order valence-corrected chi connectivity index (χ4v) is 6.83. The SMILES string of the molecule is Oc1ccc2c3c1O[C@@H]1[C@H](O)CC[C@]4(O)C(C2)N(CC2CCC2)CC[C@@]314.